The molecule has 0 aliphatic carbocycles. The van der Waals surface area contributed by atoms with Crippen LogP contribution in [0.2, 0.25) is 0 Å². The predicted octanol–water partition coefficient (Wildman–Crippen LogP) is 2.99. The number of benzene rings is 2. The number of likely N-dealkylation sites (N-methyl/N-ethyl adjacent to an activating group) is 1. The van der Waals surface area contributed by atoms with Crippen LogP contribution in [0.3, 0.4) is 0 Å². The summed E-state index contributed by atoms with van der Waals surface area (Å²) in [5, 5.41) is 0. The number of ether oxygens (including phenoxy) is 1. The lowest BCUT2D eigenvalue weighted by atomic mass is 9.89. The van der Waals surface area contributed by atoms with Gasteiger partial charge in [0, 0.05) is 33.5 Å². The first-order valence-corrected chi connectivity index (χ1v) is 9.73. The fourth-order valence-corrected chi connectivity index (χ4v) is 3.76. The van der Waals surface area contributed by atoms with Crippen molar-refractivity contribution in [1.82, 2.24) is 9.80 Å². The minimum Gasteiger partial charge on any atom is -0.361 e. The van der Waals surface area contributed by atoms with Crippen LogP contribution in [0.1, 0.15) is 18.9 Å². The lowest BCUT2D eigenvalue weighted by molar-refractivity contribution is -0.172. The molecule has 0 aromatic heterocycles. The zero-order valence-corrected chi connectivity index (χ0v) is 16.9. The first-order chi connectivity index (χ1) is 13.4. The molecule has 0 saturated carbocycles. The number of carbonyl (C=O) groups excluding carboxylic acids is 2. The first kappa shape index (κ1) is 20.1. The van der Waals surface area contributed by atoms with Crippen molar-refractivity contribution in [3.8, 4) is 11.1 Å². The van der Waals surface area contributed by atoms with E-state index in [0.717, 1.165) is 16.7 Å². The van der Waals surface area contributed by atoms with Crippen LogP contribution >= 0.6 is 0 Å². The molecule has 1 fully saturated rings. The van der Waals surface area contributed by atoms with Crippen molar-refractivity contribution in [2.24, 2.45) is 0 Å². The molecule has 5 nitrogen and oxygen atoms in total. The number of amides is 2. The van der Waals surface area contributed by atoms with Gasteiger partial charge in [-0.15, -0.1) is 0 Å². The second kappa shape index (κ2) is 8.57. The molecular weight excluding hydrogens is 352 g/mol. The van der Waals surface area contributed by atoms with Gasteiger partial charge in [-0.2, -0.15) is 0 Å². The molecule has 148 valence electrons. The molecule has 2 aromatic rings. The molecule has 0 radical (unpaired) electrons. The van der Waals surface area contributed by atoms with E-state index in [-0.39, 0.29) is 18.4 Å². The highest BCUT2D eigenvalue weighted by Crippen LogP contribution is 2.28. The normalized spacial score (nSPS) is 19.3. The Morgan fingerprint density at radius 3 is 2.46 bits per heavy atom. The van der Waals surface area contributed by atoms with Crippen LogP contribution < -0.4 is 0 Å². The number of morpholine rings is 1. The van der Waals surface area contributed by atoms with Crippen molar-refractivity contribution < 1.29 is 14.3 Å². The highest BCUT2D eigenvalue weighted by molar-refractivity contribution is 5.87. The van der Waals surface area contributed by atoms with Gasteiger partial charge in [-0.1, -0.05) is 61.5 Å². The Balaban J connectivity index is 1.92. The van der Waals surface area contributed by atoms with Crippen LogP contribution in [0.25, 0.3) is 11.1 Å². The van der Waals surface area contributed by atoms with E-state index in [1.807, 2.05) is 37.3 Å². The average molecular weight is 380 g/mol. The second-order valence-corrected chi connectivity index (χ2v) is 7.45. The molecule has 2 aromatic carbocycles. The van der Waals surface area contributed by atoms with Crippen molar-refractivity contribution in [3.63, 3.8) is 0 Å². The van der Waals surface area contributed by atoms with E-state index in [4.69, 9.17) is 4.74 Å². The van der Waals surface area contributed by atoms with Crippen molar-refractivity contribution >= 4 is 11.8 Å². The molecule has 0 N–H and O–H groups in total. The molecule has 28 heavy (non-hydrogen) atoms. The summed E-state index contributed by atoms with van der Waals surface area (Å²) in [6.07, 6.45) is 0.855. The number of hydrogen-bond acceptors (Lipinski definition) is 3. The molecule has 0 bridgehead atoms. The molecule has 1 saturated heterocycles. The Hall–Kier alpha value is -2.66. The third kappa shape index (κ3) is 4.25. The Labute approximate surface area is 166 Å². The van der Waals surface area contributed by atoms with E-state index in [0.29, 0.717) is 26.0 Å². The molecule has 1 aliphatic rings. The molecule has 5 heteroatoms. The van der Waals surface area contributed by atoms with Gasteiger partial charge in [0.05, 0.1) is 13.2 Å². The Kier molecular flexibility index (Phi) is 6.15. The number of nitrogens with zero attached hydrogens (tertiary/aromatic N) is 2. The third-order valence-corrected chi connectivity index (χ3v) is 5.16. The van der Waals surface area contributed by atoms with Crippen molar-refractivity contribution in [2.45, 2.75) is 25.4 Å². The topological polar surface area (TPSA) is 49.9 Å². The smallest absolute Gasteiger partial charge is 0.256 e. The molecule has 1 heterocycles. The van der Waals surface area contributed by atoms with Gasteiger partial charge in [-0.05, 0) is 16.7 Å². The van der Waals surface area contributed by atoms with Crippen molar-refractivity contribution in [1.29, 1.82) is 0 Å². The van der Waals surface area contributed by atoms with Gasteiger partial charge in [0.15, 0.2) is 5.60 Å². The van der Waals surface area contributed by atoms with E-state index in [1.54, 1.807) is 23.9 Å². The zero-order chi connectivity index (χ0) is 20.1. The number of carbonyl (C=O) groups is 2. The Morgan fingerprint density at radius 2 is 1.79 bits per heavy atom. The summed E-state index contributed by atoms with van der Waals surface area (Å²) in [6.45, 7) is 3.02. The minimum absolute atomic E-state index is 0.0530. The highest BCUT2D eigenvalue weighted by Gasteiger charge is 2.45. The average Bonchev–Trinajstić information content (AvgIpc) is 2.73. The number of hydrogen-bond donors (Lipinski definition) is 0. The summed E-state index contributed by atoms with van der Waals surface area (Å²) in [4.78, 5) is 28.7. The van der Waals surface area contributed by atoms with E-state index in [9.17, 15) is 9.59 Å². The van der Waals surface area contributed by atoms with Crippen LogP contribution in [-0.2, 0) is 20.7 Å². The van der Waals surface area contributed by atoms with Crippen LogP contribution in [0, 0.1) is 0 Å². The van der Waals surface area contributed by atoms with E-state index in [1.165, 1.54) is 0 Å². The summed E-state index contributed by atoms with van der Waals surface area (Å²) in [5.74, 6) is -0.0523. The Morgan fingerprint density at radius 1 is 1.07 bits per heavy atom. The quantitative estimate of drug-likeness (QED) is 0.801. The largest absolute Gasteiger partial charge is 0.361 e. The van der Waals surface area contributed by atoms with Crippen LogP contribution in [0.15, 0.2) is 54.6 Å². The van der Waals surface area contributed by atoms with Gasteiger partial charge in [-0.3, -0.25) is 9.59 Å². The summed E-state index contributed by atoms with van der Waals surface area (Å²) < 4.78 is 6.08. The zero-order valence-electron chi connectivity index (χ0n) is 16.9. The first-order valence-electron chi connectivity index (χ1n) is 9.73. The summed E-state index contributed by atoms with van der Waals surface area (Å²) >= 11 is 0. The molecule has 1 aliphatic heterocycles. The van der Waals surface area contributed by atoms with Crippen LogP contribution in [0.4, 0.5) is 0 Å². The van der Waals surface area contributed by atoms with E-state index < -0.39 is 5.60 Å². The fourth-order valence-electron chi connectivity index (χ4n) is 3.76. The van der Waals surface area contributed by atoms with Gasteiger partial charge in [0.1, 0.15) is 0 Å². The lowest BCUT2D eigenvalue weighted by Crippen LogP contribution is -2.61. The molecule has 0 spiro atoms. The maximum Gasteiger partial charge on any atom is 0.256 e. The standard InChI is InChI=1S/C23H28N2O3/c1-4-21(26)25-13-14-28-23(17-25,22(27)24(2)3)16-18-9-8-12-20(15-18)19-10-6-5-7-11-19/h5-12,15H,4,13-14,16-17H2,1-3H3/t23-/m1/s1. The predicted molar refractivity (Wildman–Crippen MR) is 110 cm³/mol. The third-order valence-electron chi connectivity index (χ3n) is 5.16. The van der Waals surface area contributed by atoms with Crippen LogP contribution in [-0.4, -0.2) is 61.0 Å². The van der Waals surface area contributed by atoms with Crippen LogP contribution in [0.5, 0.6) is 0 Å². The van der Waals surface area contributed by atoms with Gasteiger partial charge >= 0.3 is 0 Å². The van der Waals surface area contributed by atoms with E-state index >= 15 is 0 Å². The molecule has 0 unspecified atom stereocenters. The fraction of sp³-hybridized carbons (Fsp3) is 0.391. The summed E-state index contributed by atoms with van der Waals surface area (Å²) in [7, 11) is 3.46. The van der Waals surface area contributed by atoms with Gasteiger partial charge in [0.25, 0.3) is 5.91 Å². The van der Waals surface area contributed by atoms with Crippen molar-refractivity contribution in [3.05, 3.63) is 60.2 Å². The van der Waals surface area contributed by atoms with Gasteiger partial charge in [0.2, 0.25) is 5.91 Å². The van der Waals surface area contributed by atoms with E-state index in [2.05, 4.69) is 24.3 Å². The Bertz CT molecular complexity index is 835. The molecule has 1 atom stereocenters. The summed E-state index contributed by atoms with van der Waals surface area (Å²) in [6, 6.07) is 18.3. The maximum atomic E-state index is 13.1. The summed E-state index contributed by atoms with van der Waals surface area (Å²) in [5.41, 5.74) is 2.19. The SMILES string of the molecule is CCC(=O)N1CCO[C@@](Cc2cccc(-c3ccccc3)c2)(C(=O)N(C)C)C1. The van der Waals surface area contributed by atoms with Crippen molar-refractivity contribution in [2.75, 3.05) is 33.8 Å². The molecule has 2 amide bonds. The molecule has 3 rings (SSSR count). The lowest BCUT2D eigenvalue weighted by Gasteiger charge is -2.43. The van der Waals surface area contributed by atoms with Gasteiger partial charge in [-0.25, -0.2) is 0 Å². The minimum atomic E-state index is -1.05. The maximum absolute atomic E-state index is 13.1. The monoisotopic (exact) mass is 380 g/mol. The highest BCUT2D eigenvalue weighted by atomic mass is 16.5. The second-order valence-electron chi connectivity index (χ2n) is 7.45. The van der Waals surface area contributed by atoms with Gasteiger partial charge < -0.3 is 14.5 Å². The molecular formula is C23H28N2O3. The number of rotatable bonds is 5.